The molecule has 0 heterocycles. The van der Waals surface area contributed by atoms with Gasteiger partial charge in [-0.3, -0.25) is 0 Å². The molecule has 92 valence electrons. The molecule has 0 saturated heterocycles. The third-order valence-electron chi connectivity index (χ3n) is 1.75. The molecule has 1 aromatic carbocycles. The van der Waals surface area contributed by atoms with Crippen LogP contribution in [0.5, 0.6) is 5.75 Å². The van der Waals surface area contributed by atoms with E-state index < -0.39 is 12.8 Å². The van der Waals surface area contributed by atoms with Crippen LogP contribution in [0.1, 0.15) is 5.56 Å². The highest BCUT2D eigenvalue weighted by Gasteiger charge is 2.28. The second-order valence-corrected chi connectivity index (χ2v) is 3.26. The fourth-order valence-electron chi connectivity index (χ4n) is 1.03. The van der Waals surface area contributed by atoms with E-state index in [0.717, 1.165) is 5.56 Å². The number of halogens is 3. The molecule has 17 heavy (non-hydrogen) atoms. The Morgan fingerprint density at radius 1 is 1.24 bits per heavy atom. The number of hydrogen-bond acceptors (Lipinski definition) is 2. The van der Waals surface area contributed by atoms with Gasteiger partial charge in [-0.1, -0.05) is 11.8 Å². The Balaban J connectivity index is 2.54. The van der Waals surface area contributed by atoms with Crippen molar-refractivity contribution in [2.45, 2.75) is 6.18 Å². The number of alkyl halides is 3. The van der Waals surface area contributed by atoms with Crippen LogP contribution in [0, 0.1) is 11.8 Å². The maximum absolute atomic E-state index is 11.9. The Kier molecular flexibility index (Phi) is 4.85. The van der Waals surface area contributed by atoms with Crippen molar-refractivity contribution < 1.29 is 17.9 Å². The fraction of sp³-hybridized carbons (Fsp3) is 0.333. The molecule has 2 nitrogen and oxygen atoms in total. The molecule has 0 spiro atoms. The average molecular weight is 243 g/mol. The third kappa shape index (κ3) is 5.83. The lowest BCUT2D eigenvalue weighted by molar-refractivity contribution is -0.153. The van der Waals surface area contributed by atoms with E-state index in [4.69, 9.17) is 0 Å². The van der Waals surface area contributed by atoms with Gasteiger partial charge in [0.15, 0.2) is 6.61 Å². The first-order valence-electron chi connectivity index (χ1n) is 4.94. The Morgan fingerprint density at radius 3 is 2.41 bits per heavy atom. The number of rotatable bonds is 3. The first-order chi connectivity index (χ1) is 8.01. The second-order valence-electron chi connectivity index (χ2n) is 3.26. The van der Waals surface area contributed by atoms with Gasteiger partial charge in [-0.05, 0) is 31.3 Å². The van der Waals surface area contributed by atoms with Crippen LogP contribution in [-0.4, -0.2) is 26.4 Å². The normalized spacial score (nSPS) is 10.6. The van der Waals surface area contributed by atoms with Crippen molar-refractivity contribution in [2.24, 2.45) is 0 Å². The van der Waals surface area contributed by atoms with Gasteiger partial charge in [0, 0.05) is 5.56 Å². The second kappa shape index (κ2) is 6.16. The van der Waals surface area contributed by atoms with Crippen LogP contribution in [0.15, 0.2) is 24.3 Å². The first-order valence-corrected chi connectivity index (χ1v) is 4.94. The fourth-order valence-corrected chi connectivity index (χ4v) is 1.03. The molecular weight excluding hydrogens is 231 g/mol. The van der Waals surface area contributed by atoms with E-state index in [-0.39, 0.29) is 5.75 Å². The standard InChI is InChI=1S/C12H12F3NO/c1-16-8-2-3-10-4-6-11(7-5-10)17-9-12(13,14)15/h4-7,16H,8-9H2,1H3. The molecule has 0 fully saturated rings. The van der Waals surface area contributed by atoms with Gasteiger partial charge in [0.1, 0.15) is 5.75 Å². The summed E-state index contributed by atoms with van der Waals surface area (Å²) in [6.07, 6.45) is -4.31. The average Bonchev–Trinajstić information content (AvgIpc) is 2.27. The van der Waals surface area contributed by atoms with Gasteiger partial charge in [0.05, 0.1) is 6.54 Å². The van der Waals surface area contributed by atoms with Crippen molar-refractivity contribution in [3.05, 3.63) is 29.8 Å². The molecule has 0 bridgehead atoms. The van der Waals surface area contributed by atoms with Crippen molar-refractivity contribution in [3.63, 3.8) is 0 Å². The van der Waals surface area contributed by atoms with Gasteiger partial charge < -0.3 is 10.1 Å². The predicted octanol–water partition coefficient (Wildman–Crippen LogP) is 2.20. The van der Waals surface area contributed by atoms with Crippen LogP contribution in [-0.2, 0) is 0 Å². The van der Waals surface area contributed by atoms with E-state index in [2.05, 4.69) is 21.9 Å². The molecule has 0 saturated carbocycles. The summed E-state index contributed by atoms with van der Waals surface area (Å²) in [6, 6.07) is 6.17. The Bertz CT molecular complexity index is 400. The number of nitrogens with one attached hydrogen (secondary N) is 1. The zero-order valence-corrected chi connectivity index (χ0v) is 9.27. The van der Waals surface area contributed by atoms with Gasteiger partial charge in [0.2, 0.25) is 0 Å². The number of hydrogen-bond donors (Lipinski definition) is 1. The summed E-state index contributed by atoms with van der Waals surface area (Å²) in [6.45, 7) is -0.718. The summed E-state index contributed by atoms with van der Waals surface area (Å²) in [5.74, 6) is 5.88. The molecular formula is C12H12F3NO. The molecule has 5 heteroatoms. The maximum Gasteiger partial charge on any atom is 0.422 e. The van der Waals surface area contributed by atoms with Crippen molar-refractivity contribution >= 4 is 0 Å². The lowest BCUT2D eigenvalue weighted by Crippen LogP contribution is -2.19. The van der Waals surface area contributed by atoms with Crippen LogP contribution in [0.25, 0.3) is 0 Å². The molecule has 0 aromatic heterocycles. The molecule has 0 aliphatic heterocycles. The van der Waals surface area contributed by atoms with Crippen LogP contribution in [0.3, 0.4) is 0 Å². The molecule has 0 unspecified atom stereocenters. The molecule has 0 atom stereocenters. The summed E-state index contributed by atoms with van der Waals surface area (Å²) < 4.78 is 40.2. The summed E-state index contributed by atoms with van der Waals surface area (Å²) in [5.41, 5.74) is 0.736. The quantitative estimate of drug-likeness (QED) is 0.822. The van der Waals surface area contributed by atoms with Gasteiger partial charge >= 0.3 is 6.18 Å². The highest BCUT2D eigenvalue weighted by molar-refractivity contribution is 5.38. The van der Waals surface area contributed by atoms with E-state index in [1.165, 1.54) is 12.1 Å². The van der Waals surface area contributed by atoms with E-state index >= 15 is 0 Å². The van der Waals surface area contributed by atoms with E-state index in [9.17, 15) is 13.2 Å². The zero-order valence-electron chi connectivity index (χ0n) is 9.27. The first kappa shape index (κ1) is 13.4. The Hall–Kier alpha value is -1.67. The predicted molar refractivity (Wildman–Crippen MR) is 58.8 cm³/mol. The molecule has 1 N–H and O–H groups in total. The maximum atomic E-state index is 11.9. The van der Waals surface area contributed by atoms with Crippen molar-refractivity contribution in [3.8, 4) is 17.6 Å². The molecule has 0 radical (unpaired) electrons. The minimum absolute atomic E-state index is 0.182. The Morgan fingerprint density at radius 2 is 1.88 bits per heavy atom. The number of benzene rings is 1. The van der Waals surface area contributed by atoms with Gasteiger partial charge in [-0.25, -0.2) is 0 Å². The highest BCUT2D eigenvalue weighted by atomic mass is 19.4. The minimum Gasteiger partial charge on any atom is -0.484 e. The van der Waals surface area contributed by atoms with Crippen LogP contribution >= 0.6 is 0 Å². The van der Waals surface area contributed by atoms with Gasteiger partial charge in [-0.2, -0.15) is 13.2 Å². The summed E-state index contributed by atoms with van der Waals surface area (Å²) >= 11 is 0. The van der Waals surface area contributed by atoms with E-state index in [1.807, 2.05) is 0 Å². The SMILES string of the molecule is CNCC#Cc1ccc(OCC(F)(F)F)cc1. The van der Waals surface area contributed by atoms with Crippen molar-refractivity contribution in [1.82, 2.24) is 5.32 Å². The topological polar surface area (TPSA) is 21.3 Å². The largest absolute Gasteiger partial charge is 0.484 e. The van der Waals surface area contributed by atoms with Crippen LogP contribution in [0.4, 0.5) is 13.2 Å². The lowest BCUT2D eigenvalue weighted by atomic mass is 10.2. The highest BCUT2D eigenvalue weighted by Crippen LogP contribution is 2.18. The van der Waals surface area contributed by atoms with E-state index in [0.29, 0.717) is 6.54 Å². The lowest BCUT2D eigenvalue weighted by Gasteiger charge is -2.08. The minimum atomic E-state index is -4.31. The molecule has 1 rings (SSSR count). The molecule has 1 aromatic rings. The van der Waals surface area contributed by atoms with Gasteiger partial charge in [0.25, 0.3) is 0 Å². The molecule has 0 amide bonds. The van der Waals surface area contributed by atoms with E-state index in [1.54, 1.807) is 19.2 Å². The summed E-state index contributed by atoms with van der Waals surface area (Å²) in [7, 11) is 1.78. The van der Waals surface area contributed by atoms with Crippen LogP contribution in [0.2, 0.25) is 0 Å². The molecule has 0 aliphatic carbocycles. The zero-order chi connectivity index (χ0) is 12.7. The third-order valence-corrected chi connectivity index (χ3v) is 1.75. The molecule has 0 aliphatic rings. The van der Waals surface area contributed by atoms with Gasteiger partial charge in [-0.15, -0.1) is 0 Å². The van der Waals surface area contributed by atoms with Crippen LogP contribution < -0.4 is 10.1 Å². The van der Waals surface area contributed by atoms with Crippen molar-refractivity contribution in [2.75, 3.05) is 20.2 Å². The summed E-state index contributed by atoms with van der Waals surface area (Å²) in [5, 5.41) is 2.86. The Labute approximate surface area is 97.8 Å². The summed E-state index contributed by atoms with van der Waals surface area (Å²) in [4.78, 5) is 0. The monoisotopic (exact) mass is 243 g/mol. The smallest absolute Gasteiger partial charge is 0.422 e. The van der Waals surface area contributed by atoms with Crippen molar-refractivity contribution in [1.29, 1.82) is 0 Å². The number of ether oxygens (including phenoxy) is 1.